The first-order valence-electron chi connectivity index (χ1n) is 8.20. The second kappa shape index (κ2) is 7.38. The van der Waals surface area contributed by atoms with Crippen LogP contribution in [0.1, 0.15) is 30.1 Å². The van der Waals surface area contributed by atoms with Crippen LogP contribution in [0, 0.1) is 12.8 Å². The van der Waals surface area contributed by atoms with Crippen LogP contribution in [0.2, 0.25) is 0 Å². The molecule has 0 aromatic carbocycles. The van der Waals surface area contributed by atoms with E-state index in [9.17, 15) is 4.79 Å². The number of ether oxygens (including phenoxy) is 2. The molecule has 1 saturated carbocycles. The summed E-state index contributed by atoms with van der Waals surface area (Å²) in [6.07, 6.45) is 3.96. The highest BCUT2D eigenvalue weighted by Gasteiger charge is 2.34. The van der Waals surface area contributed by atoms with Gasteiger partial charge in [0.2, 0.25) is 11.8 Å². The molecule has 7 nitrogen and oxygen atoms in total. The van der Waals surface area contributed by atoms with Gasteiger partial charge < -0.3 is 20.1 Å². The number of aromatic nitrogens is 2. The van der Waals surface area contributed by atoms with Gasteiger partial charge in [0.15, 0.2) is 0 Å². The predicted molar refractivity (Wildman–Crippen MR) is 93.9 cm³/mol. The molecule has 0 radical (unpaired) electrons. The molecular weight excluding hydrogens is 320 g/mol. The van der Waals surface area contributed by atoms with E-state index in [4.69, 9.17) is 9.47 Å². The summed E-state index contributed by atoms with van der Waals surface area (Å²) in [5.41, 5.74) is 2.49. The summed E-state index contributed by atoms with van der Waals surface area (Å²) in [7, 11) is 3.02. The van der Waals surface area contributed by atoms with E-state index in [2.05, 4.69) is 20.6 Å². The molecule has 2 aromatic rings. The van der Waals surface area contributed by atoms with Crippen LogP contribution in [0.5, 0.6) is 11.8 Å². The lowest BCUT2D eigenvalue weighted by atomic mass is 10.1. The van der Waals surface area contributed by atoms with E-state index in [0.29, 0.717) is 23.4 Å². The molecule has 0 unspecified atom stereocenters. The van der Waals surface area contributed by atoms with Crippen molar-refractivity contribution < 1.29 is 14.3 Å². The molecule has 2 amide bonds. The largest absolute Gasteiger partial charge is 0.481 e. The number of carbonyl (C=O) groups is 1. The Bertz CT molecular complexity index is 762. The summed E-state index contributed by atoms with van der Waals surface area (Å²) >= 11 is 0. The van der Waals surface area contributed by atoms with Gasteiger partial charge in [0.05, 0.1) is 26.0 Å². The molecule has 2 heterocycles. The van der Waals surface area contributed by atoms with E-state index in [1.165, 1.54) is 14.2 Å². The zero-order valence-corrected chi connectivity index (χ0v) is 14.6. The van der Waals surface area contributed by atoms with Gasteiger partial charge in [-0.1, -0.05) is 0 Å². The maximum atomic E-state index is 12.5. The normalized spacial score (nSPS) is 14.5. The number of urea groups is 1. The van der Waals surface area contributed by atoms with Gasteiger partial charge in [-0.25, -0.2) is 4.79 Å². The van der Waals surface area contributed by atoms with Crippen molar-refractivity contribution in [2.45, 2.75) is 25.8 Å². The number of hydrogen-bond acceptors (Lipinski definition) is 5. The average molecular weight is 342 g/mol. The van der Waals surface area contributed by atoms with Crippen molar-refractivity contribution in [1.82, 2.24) is 15.3 Å². The summed E-state index contributed by atoms with van der Waals surface area (Å²) in [6, 6.07) is 6.91. The molecule has 2 aromatic heterocycles. The first kappa shape index (κ1) is 17.0. The molecule has 3 rings (SSSR count). The van der Waals surface area contributed by atoms with Crippen molar-refractivity contribution >= 4 is 11.7 Å². The van der Waals surface area contributed by atoms with Gasteiger partial charge in [0.25, 0.3) is 0 Å². The minimum Gasteiger partial charge on any atom is -0.481 e. The van der Waals surface area contributed by atoms with Crippen molar-refractivity contribution in [1.29, 1.82) is 0 Å². The number of pyridine rings is 2. The van der Waals surface area contributed by atoms with Crippen molar-refractivity contribution in [3.05, 3.63) is 41.7 Å². The van der Waals surface area contributed by atoms with Crippen LogP contribution in [-0.4, -0.2) is 30.2 Å². The standard InChI is InChI=1S/C18H22N4O3/c1-11-8-9-19-14(10-11)16(12-4-5-12)22-18(23)20-13-6-7-15(24-2)21-17(13)25-3/h6-10,12,16H,4-5H2,1-3H3,(H2,20,22,23)/t16-/m1/s1. The van der Waals surface area contributed by atoms with Gasteiger partial charge in [-0.15, -0.1) is 0 Å². The second-order valence-corrected chi connectivity index (χ2v) is 6.08. The third-order valence-corrected chi connectivity index (χ3v) is 4.12. The van der Waals surface area contributed by atoms with E-state index in [1.54, 1.807) is 18.3 Å². The van der Waals surface area contributed by atoms with Gasteiger partial charge in [0, 0.05) is 12.3 Å². The quantitative estimate of drug-likeness (QED) is 0.843. The Labute approximate surface area is 146 Å². The molecule has 1 aliphatic carbocycles. The number of amides is 2. The van der Waals surface area contributed by atoms with Gasteiger partial charge in [-0.3, -0.25) is 4.98 Å². The molecule has 25 heavy (non-hydrogen) atoms. The Morgan fingerprint density at radius 3 is 2.68 bits per heavy atom. The lowest BCUT2D eigenvalue weighted by Gasteiger charge is -2.19. The fourth-order valence-corrected chi connectivity index (χ4v) is 2.68. The third kappa shape index (κ3) is 4.17. The topological polar surface area (TPSA) is 85.4 Å². The van der Waals surface area contributed by atoms with Gasteiger partial charge in [0.1, 0.15) is 5.69 Å². The zero-order valence-electron chi connectivity index (χ0n) is 14.6. The Morgan fingerprint density at radius 2 is 2.04 bits per heavy atom. The molecule has 132 valence electrons. The number of anilines is 1. The van der Waals surface area contributed by atoms with Gasteiger partial charge in [-0.05, 0) is 49.4 Å². The molecule has 1 aliphatic rings. The zero-order chi connectivity index (χ0) is 17.8. The van der Waals surface area contributed by atoms with Crippen LogP contribution < -0.4 is 20.1 Å². The number of carbonyl (C=O) groups excluding carboxylic acids is 1. The predicted octanol–water partition coefficient (Wildman–Crippen LogP) is 3.08. The smallest absolute Gasteiger partial charge is 0.319 e. The Morgan fingerprint density at radius 1 is 1.24 bits per heavy atom. The minimum absolute atomic E-state index is 0.0999. The number of nitrogens with zero attached hydrogens (tertiary/aromatic N) is 2. The van der Waals surface area contributed by atoms with E-state index >= 15 is 0 Å². The molecule has 1 fully saturated rings. The Kier molecular flexibility index (Phi) is 5.02. The van der Waals surface area contributed by atoms with Crippen LogP contribution in [0.4, 0.5) is 10.5 Å². The average Bonchev–Trinajstić information content (AvgIpc) is 3.45. The molecule has 0 bridgehead atoms. The maximum Gasteiger partial charge on any atom is 0.319 e. The fourth-order valence-electron chi connectivity index (χ4n) is 2.68. The Hall–Kier alpha value is -2.83. The lowest BCUT2D eigenvalue weighted by molar-refractivity contribution is 0.246. The number of aryl methyl sites for hydroxylation is 1. The van der Waals surface area contributed by atoms with Crippen molar-refractivity contribution in [2.75, 3.05) is 19.5 Å². The van der Waals surface area contributed by atoms with E-state index in [-0.39, 0.29) is 12.1 Å². The molecule has 0 aliphatic heterocycles. The molecule has 7 heteroatoms. The van der Waals surface area contributed by atoms with E-state index in [1.807, 2.05) is 19.1 Å². The molecular formula is C18H22N4O3. The highest BCUT2D eigenvalue weighted by Crippen LogP contribution is 2.40. The SMILES string of the molecule is COc1ccc(NC(=O)N[C@@H](c2cc(C)ccn2)C2CC2)c(OC)n1. The second-order valence-electron chi connectivity index (χ2n) is 6.08. The third-order valence-electron chi connectivity index (χ3n) is 4.12. The van der Waals surface area contributed by atoms with Gasteiger partial charge in [-0.2, -0.15) is 4.98 Å². The van der Waals surface area contributed by atoms with Crippen LogP contribution in [-0.2, 0) is 0 Å². The Balaban J connectivity index is 1.72. The summed E-state index contributed by atoms with van der Waals surface area (Å²) in [4.78, 5) is 21.1. The minimum atomic E-state index is -0.314. The number of rotatable bonds is 6. The number of nitrogens with one attached hydrogen (secondary N) is 2. The summed E-state index contributed by atoms with van der Waals surface area (Å²) in [5.74, 6) is 1.14. The maximum absolute atomic E-state index is 12.5. The molecule has 2 N–H and O–H groups in total. The van der Waals surface area contributed by atoms with Gasteiger partial charge >= 0.3 is 6.03 Å². The summed E-state index contributed by atoms with van der Waals surface area (Å²) in [6.45, 7) is 2.02. The van der Waals surface area contributed by atoms with E-state index in [0.717, 1.165) is 24.1 Å². The van der Waals surface area contributed by atoms with Crippen molar-refractivity contribution in [3.63, 3.8) is 0 Å². The van der Waals surface area contributed by atoms with Crippen molar-refractivity contribution in [3.8, 4) is 11.8 Å². The lowest BCUT2D eigenvalue weighted by Crippen LogP contribution is -2.34. The van der Waals surface area contributed by atoms with Crippen molar-refractivity contribution in [2.24, 2.45) is 5.92 Å². The highest BCUT2D eigenvalue weighted by molar-refractivity contribution is 5.90. The summed E-state index contributed by atoms with van der Waals surface area (Å²) < 4.78 is 10.3. The molecule has 0 spiro atoms. The van der Waals surface area contributed by atoms with Crippen LogP contribution >= 0.6 is 0 Å². The van der Waals surface area contributed by atoms with Crippen LogP contribution in [0.25, 0.3) is 0 Å². The first-order valence-corrected chi connectivity index (χ1v) is 8.20. The number of hydrogen-bond donors (Lipinski definition) is 2. The summed E-state index contributed by atoms with van der Waals surface area (Å²) in [5, 5.41) is 5.81. The highest BCUT2D eigenvalue weighted by atomic mass is 16.5. The van der Waals surface area contributed by atoms with Crippen LogP contribution in [0.3, 0.4) is 0 Å². The first-order chi connectivity index (χ1) is 12.1. The van der Waals surface area contributed by atoms with E-state index < -0.39 is 0 Å². The molecule has 1 atom stereocenters. The van der Waals surface area contributed by atoms with Crippen LogP contribution in [0.15, 0.2) is 30.5 Å². The number of methoxy groups -OCH3 is 2. The monoisotopic (exact) mass is 342 g/mol. The fraction of sp³-hybridized carbons (Fsp3) is 0.389. The molecule has 0 saturated heterocycles.